The maximum atomic E-state index is 13.7. The molecule has 2 heterocycles. The third-order valence-electron chi connectivity index (χ3n) is 7.98. The van der Waals surface area contributed by atoms with E-state index in [9.17, 15) is 14.4 Å². The molecule has 44 heavy (non-hydrogen) atoms. The summed E-state index contributed by atoms with van der Waals surface area (Å²) in [6.07, 6.45) is 4.58. The fraction of sp³-hybridized carbons (Fsp3) is 0.514. The summed E-state index contributed by atoms with van der Waals surface area (Å²) in [4.78, 5) is 39.7. The Hall–Kier alpha value is -3.85. The molecule has 1 aromatic heterocycles. The van der Waals surface area contributed by atoms with Crippen molar-refractivity contribution in [1.29, 1.82) is 0 Å². The average Bonchev–Trinajstić information content (AvgIpc) is 3.42. The van der Waals surface area contributed by atoms with Gasteiger partial charge in [-0.15, -0.1) is 5.10 Å². The van der Waals surface area contributed by atoms with Gasteiger partial charge in [0, 0.05) is 56.0 Å². The highest BCUT2D eigenvalue weighted by molar-refractivity contribution is 6.01. The number of aromatic nitrogens is 3. The summed E-state index contributed by atoms with van der Waals surface area (Å²) < 4.78 is 7.53. The molecule has 0 saturated heterocycles. The Morgan fingerprint density at radius 1 is 0.886 bits per heavy atom. The van der Waals surface area contributed by atoms with Gasteiger partial charge in [-0.1, -0.05) is 88.2 Å². The first-order valence-corrected chi connectivity index (χ1v) is 16.0. The minimum Gasteiger partial charge on any atom is -0.381 e. The largest absolute Gasteiger partial charge is 0.381 e. The van der Waals surface area contributed by atoms with Crippen LogP contribution in [-0.4, -0.2) is 52.3 Å². The van der Waals surface area contributed by atoms with Crippen LogP contribution in [0, 0.1) is 11.8 Å². The Balaban J connectivity index is 1.41. The zero-order valence-corrected chi connectivity index (χ0v) is 26.7. The van der Waals surface area contributed by atoms with Gasteiger partial charge in [0.2, 0.25) is 11.8 Å². The SMILES string of the molecule is CC(C)CCCCn1nnc2c1-c1ccccc1CN(C(=O)CCC(=O)NCCCOCCC(=O)C(C)C)c1ccccc1-2. The molecule has 1 aliphatic rings. The summed E-state index contributed by atoms with van der Waals surface area (Å²) in [5.41, 5.74) is 5.42. The second-order valence-electron chi connectivity index (χ2n) is 12.2. The number of carbonyl (C=O) groups is 3. The lowest BCUT2D eigenvalue weighted by atomic mass is 9.95. The average molecular weight is 602 g/mol. The molecule has 2 aromatic carbocycles. The lowest BCUT2D eigenvalue weighted by molar-refractivity contribution is -0.125. The van der Waals surface area contributed by atoms with Crippen molar-refractivity contribution in [1.82, 2.24) is 20.3 Å². The van der Waals surface area contributed by atoms with Crippen molar-refractivity contribution in [3.8, 4) is 22.5 Å². The van der Waals surface area contributed by atoms with Crippen LogP contribution in [-0.2, 0) is 32.2 Å². The Morgan fingerprint density at radius 2 is 1.64 bits per heavy atom. The van der Waals surface area contributed by atoms with Gasteiger partial charge in [-0.2, -0.15) is 0 Å². The van der Waals surface area contributed by atoms with E-state index in [1.807, 2.05) is 54.9 Å². The van der Waals surface area contributed by atoms with Gasteiger partial charge in [0.1, 0.15) is 11.5 Å². The molecule has 1 N–H and O–H groups in total. The number of ether oxygens (including phenoxy) is 1. The Kier molecular flexibility index (Phi) is 12.2. The highest BCUT2D eigenvalue weighted by Crippen LogP contribution is 2.41. The number of para-hydroxylation sites is 1. The van der Waals surface area contributed by atoms with E-state index in [0.717, 1.165) is 53.2 Å². The van der Waals surface area contributed by atoms with Crippen molar-refractivity contribution in [2.24, 2.45) is 11.8 Å². The molecule has 0 aliphatic carbocycles. The van der Waals surface area contributed by atoms with Gasteiger partial charge in [-0.25, -0.2) is 4.68 Å². The van der Waals surface area contributed by atoms with E-state index in [2.05, 4.69) is 41.6 Å². The van der Waals surface area contributed by atoms with Gasteiger partial charge in [-0.3, -0.25) is 14.4 Å². The van der Waals surface area contributed by atoms with Crippen LogP contribution < -0.4 is 10.2 Å². The molecule has 0 spiro atoms. The number of hydrogen-bond donors (Lipinski definition) is 1. The van der Waals surface area contributed by atoms with Crippen molar-refractivity contribution in [2.75, 3.05) is 24.7 Å². The fourth-order valence-electron chi connectivity index (χ4n) is 5.42. The van der Waals surface area contributed by atoms with Crippen LogP contribution in [0.4, 0.5) is 5.69 Å². The maximum Gasteiger partial charge on any atom is 0.227 e. The van der Waals surface area contributed by atoms with Gasteiger partial charge < -0.3 is 15.0 Å². The van der Waals surface area contributed by atoms with E-state index in [1.54, 1.807) is 4.90 Å². The highest BCUT2D eigenvalue weighted by Gasteiger charge is 2.29. The monoisotopic (exact) mass is 601 g/mol. The van der Waals surface area contributed by atoms with Crippen molar-refractivity contribution >= 4 is 23.3 Å². The molecule has 1 aliphatic heterocycles. The van der Waals surface area contributed by atoms with E-state index in [-0.39, 0.29) is 36.4 Å². The zero-order valence-electron chi connectivity index (χ0n) is 26.7. The van der Waals surface area contributed by atoms with Crippen LogP contribution in [0.2, 0.25) is 0 Å². The number of benzene rings is 2. The topological polar surface area (TPSA) is 106 Å². The van der Waals surface area contributed by atoms with E-state index in [1.165, 1.54) is 6.42 Å². The summed E-state index contributed by atoms with van der Waals surface area (Å²) in [6.45, 7) is 10.8. The van der Waals surface area contributed by atoms with Gasteiger partial charge in [-0.05, 0) is 30.4 Å². The van der Waals surface area contributed by atoms with Crippen LogP contribution in [0.3, 0.4) is 0 Å². The van der Waals surface area contributed by atoms with Gasteiger partial charge in [0.25, 0.3) is 0 Å². The van der Waals surface area contributed by atoms with Crippen molar-refractivity contribution in [3.05, 3.63) is 54.1 Å². The molecule has 236 valence electrons. The third kappa shape index (κ3) is 8.85. The molecule has 3 aromatic rings. The molecular weight excluding hydrogens is 554 g/mol. The van der Waals surface area contributed by atoms with Crippen molar-refractivity contribution < 1.29 is 19.1 Å². The normalized spacial score (nSPS) is 12.4. The molecule has 0 bridgehead atoms. The first kappa shape index (κ1) is 33.1. The molecule has 2 amide bonds. The Morgan fingerprint density at radius 3 is 2.41 bits per heavy atom. The summed E-state index contributed by atoms with van der Waals surface area (Å²) in [5, 5.41) is 12.1. The maximum absolute atomic E-state index is 13.7. The van der Waals surface area contributed by atoms with Crippen LogP contribution in [0.5, 0.6) is 0 Å². The lowest BCUT2D eigenvalue weighted by Crippen LogP contribution is -2.33. The van der Waals surface area contributed by atoms with Crippen molar-refractivity contribution in [3.63, 3.8) is 0 Å². The molecule has 9 nitrogen and oxygen atoms in total. The number of anilines is 1. The number of unbranched alkanes of at least 4 members (excludes halogenated alkanes) is 1. The van der Waals surface area contributed by atoms with E-state index >= 15 is 0 Å². The van der Waals surface area contributed by atoms with E-state index in [0.29, 0.717) is 45.1 Å². The van der Waals surface area contributed by atoms with Gasteiger partial charge in [0.15, 0.2) is 0 Å². The number of amides is 2. The summed E-state index contributed by atoms with van der Waals surface area (Å²) in [7, 11) is 0. The Bertz CT molecular complexity index is 1410. The molecule has 0 radical (unpaired) electrons. The second-order valence-corrected chi connectivity index (χ2v) is 12.2. The smallest absolute Gasteiger partial charge is 0.227 e. The molecule has 0 saturated carbocycles. The quantitative estimate of drug-likeness (QED) is 0.196. The molecule has 4 rings (SSSR count). The van der Waals surface area contributed by atoms with Crippen LogP contribution in [0.15, 0.2) is 48.5 Å². The molecule has 0 fully saturated rings. The first-order chi connectivity index (χ1) is 21.3. The number of ketones is 1. The summed E-state index contributed by atoms with van der Waals surface area (Å²) in [6, 6.07) is 16.0. The van der Waals surface area contributed by atoms with E-state index in [4.69, 9.17) is 4.74 Å². The standard InChI is InChI=1S/C35H47N5O4/c1-25(2)12-9-10-21-40-35-28-14-6-5-13-27(28)24-39(30-16-8-7-15-29(30)34(35)37-38-40)33(43)18-17-32(42)36-20-11-22-44-23-19-31(41)26(3)4/h5-8,13-16,25-26H,9-12,17-24H2,1-4H3,(H,36,42). The number of carbonyl (C=O) groups excluding carboxylic acids is 3. The number of nitrogens with zero attached hydrogens (tertiary/aromatic N) is 4. The lowest BCUT2D eigenvalue weighted by Gasteiger charge is -2.28. The second kappa shape index (κ2) is 16.3. The van der Waals surface area contributed by atoms with Crippen LogP contribution >= 0.6 is 0 Å². The molecule has 9 heteroatoms. The van der Waals surface area contributed by atoms with Crippen LogP contribution in [0.1, 0.15) is 78.2 Å². The number of hydrogen-bond acceptors (Lipinski definition) is 6. The molecular formula is C35H47N5O4. The number of aryl methyl sites for hydroxylation is 1. The minimum absolute atomic E-state index is 0.0185. The molecule has 0 atom stereocenters. The number of fused-ring (bicyclic) bond motifs is 5. The fourth-order valence-corrected chi connectivity index (χ4v) is 5.42. The van der Waals surface area contributed by atoms with Gasteiger partial charge in [0.05, 0.1) is 24.5 Å². The Labute approximate surface area is 261 Å². The number of nitrogens with one attached hydrogen (secondary N) is 1. The zero-order chi connectivity index (χ0) is 31.5. The predicted molar refractivity (Wildman–Crippen MR) is 173 cm³/mol. The molecule has 0 unspecified atom stereocenters. The first-order valence-electron chi connectivity index (χ1n) is 16.0. The summed E-state index contributed by atoms with van der Waals surface area (Å²) in [5.74, 6) is 0.590. The predicted octanol–water partition coefficient (Wildman–Crippen LogP) is 6.20. The van der Waals surface area contributed by atoms with E-state index < -0.39 is 0 Å². The summed E-state index contributed by atoms with van der Waals surface area (Å²) >= 11 is 0. The third-order valence-corrected chi connectivity index (χ3v) is 7.98. The number of Topliss-reactive ketones (excluding diaryl/α,β-unsaturated/α-hetero) is 1. The minimum atomic E-state index is -0.170. The number of rotatable bonds is 16. The van der Waals surface area contributed by atoms with Crippen LogP contribution in [0.25, 0.3) is 22.5 Å². The van der Waals surface area contributed by atoms with Gasteiger partial charge >= 0.3 is 0 Å². The highest BCUT2D eigenvalue weighted by atomic mass is 16.5. The van der Waals surface area contributed by atoms with Crippen molar-refractivity contribution in [2.45, 2.75) is 85.7 Å².